The van der Waals surface area contributed by atoms with Crippen LogP contribution >= 0.6 is 11.8 Å². The van der Waals surface area contributed by atoms with Crippen molar-refractivity contribution in [2.75, 3.05) is 5.32 Å². The molecule has 23 heavy (non-hydrogen) atoms. The van der Waals surface area contributed by atoms with Crippen molar-refractivity contribution in [2.24, 2.45) is 0 Å². The summed E-state index contributed by atoms with van der Waals surface area (Å²) in [6.07, 6.45) is 3.46. The molecule has 1 amide bonds. The molecule has 0 aliphatic carbocycles. The lowest BCUT2D eigenvalue weighted by atomic mass is 10.4. The molecular weight excluding hydrogens is 312 g/mol. The Hall–Kier alpha value is -2.09. The molecule has 0 aliphatic rings. The van der Waals surface area contributed by atoms with E-state index in [1.165, 1.54) is 11.8 Å². The summed E-state index contributed by atoms with van der Waals surface area (Å²) >= 11 is 1.38. The highest BCUT2D eigenvalue weighted by molar-refractivity contribution is 8.00. The average molecular weight is 334 g/mol. The first kappa shape index (κ1) is 17.3. The van der Waals surface area contributed by atoms with Gasteiger partial charge in [0.1, 0.15) is 11.6 Å². The van der Waals surface area contributed by atoms with Crippen molar-refractivity contribution < 1.29 is 4.79 Å². The number of anilines is 1. The number of nitrogens with zero attached hydrogens (tertiary/aromatic N) is 5. The van der Waals surface area contributed by atoms with Crippen LogP contribution in [-0.2, 0) is 11.3 Å². The molecule has 0 spiro atoms. The number of allylic oxidation sites excluding steroid dienone is 1. The molecule has 0 bridgehead atoms. The van der Waals surface area contributed by atoms with E-state index in [0.717, 1.165) is 5.82 Å². The van der Waals surface area contributed by atoms with Crippen LogP contribution < -0.4 is 5.32 Å². The van der Waals surface area contributed by atoms with E-state index in [9.17, 15) is 4.79 Å². The van der Waals surface area contributed by atoms with Crippen molar-refractivity contribution in [3.8, 4) is 0 Å². The van der Waals surface area contributed by atoms with E-state index >= 15 is 0 Å². The lowest BCUT2D eigenvalue weighted by Gasteiger charge is -2.15. The smallest absolute Gasteiger partial charge is 0.238 e. The number of nitrogens with one attached hydrogen (secondary N) is 1. The summed E-state index contributed by atoms with van der Waals surface area (Å²) in [5, 5.41) is 15.7. The number of carbonyl (C=O) groups excluding carboxylic acids is 1. The molecule has 2 aromatic rings. The van der Waals surface area contributed by atoms with Crippen LogP contribution in [0.5, 0.6) is 0 Å². The summed E-state index contributed by atoms with van der Waals surface area (Å²) in [6, 6.07) is 1.97. The number of aryl methyl sites for hydroxylation is 1. The minimum Gasteiger partial charge on any atom is -0.310 e. The van der Waals surface area contributed by atoms with Gasteiger partial charge in [-0.1, -0.05) is 17.8 Å². The maximum Gasteiger partial charge on any atom is 0.238 e. The molecule has 2 heterocycles. The minimum atomic E-state index is -0.308. The first-order valence-electron chi connectivity index (χ1n) is 7.45. The van der Waals surface area contributed by atoms with E-state index in [2.05, 4.69) is 27.2 Å². The molecule has 2 aromatic heterocycles. The van der Waals surface area contributed by atoms with Crippen LogP contribution in [-0.4, -0.2) is 35.7 Å². The van der Waals surface area contributed by atoms with E-state index in [0.29, 0.717) is 17.5 Å². The highest BCUT2D eigenvalue weighted by Crippen LogP contribution is 2.23. The van der Waals surface area contributed by atoms with Crippen molar-refractivity contribution in [3.63, 3.8) is 0 Å². The zero-order valence-electron chi connectivity index (χ0n) is 13.9. The summed E-state index contributed by atoms with van der Waals surface area (Å²) in [5.41, 5.74) is 0. The van der Waals surface area contributed by atoms with Gasteiger partial charge < -0.3 is 9.88 Å². The molecule has 0 radical (unpaired) electrons. The van der Waals surface area contributed by atoms with Gasteiger partial charge in [0.05, 0.1) is 11.4 Å². The van der Waals surface area contributed by atoms with E-state index in [4.69, 9.17) is 0 Å². The maximum atomic E-state index is 12.4. The van der Waals surface area contributed by atoms with Crippen LogP contribution in [0.2, 0.25) is 0 Å². The van der Waals surface area contributed by atoms with E-state index in [1.807, 2.05) is 32.3 Å². The van der Waals surface area contributed by atoms with Gasteiger partial charge in [-0.15, -0.1) is 16.8 Å². The van der Waals surface area contributed by atoms with E-state index in [1.54, 1.807) is 23.0 Å². The van der Waals surface area contributed by atoms with Gasteiger partial charge in [0.25, 0.3) is 0 Å². The third-order valence-electron chi connectivity index (χ3n) is 3.28. The Morgan fingerprint density at radius 3 is 2.83 bits per heavy atom. The average Bonchev–Trinajstić information content (AvgIpc) is 3.09. The van der Waals surface area contributed by atoms with Crippen LogP contribution in [0.4, 0.5) is 5.82 Å². The number of amides is 1. The topological polar surface area (TPSA) is 77.6 Å². The molecule has 0 saturated heterocycles. The fraction of sp³-hybridized carbons (Fsp3) is 0.467. The van der Waals surface area contributed by atoms with Gasteiger partial charge in [-0.3, -0.25) is 4.79 Å². The third-order valence-corrected chi connectivity index (χ3v) is 4.36. The van der Waals surface area contributed by atoms with Gasteiger partial charge >= 0.3 is 0 Å². The Morgan fingerprint density at radius 1 is 1.43 bits per heavy atom. The predicted molar refractivity (Wildman–Crippen MR) is 91.5 cm³/mol. The molecule has 8 heteroatoms. The quantitative estimate of drug-likeness (QED) is 0.622. The number of hydrogen-bond acceptors (Lipinski definition) is 5. The Labute approximate surface area is 140 Å². The van der Waals surface area contributed by atoms with Crippen LogP contribution in [0.1, 0.15) is 32.6 Å². The Bertz CT molecular complexity index is 690. The second kappa shape index (κ2) is 7.45. The Balaban J connectivity index is 2.06. The van der Waals surface area contributed by atoms with Gasteiger partial charge in [-0.25, -0.2) is 4.68 Å². The third kappa shape index (κ3) is 4.01. The van der Waals surface area contributed by atoms with Gasteiger partial charge in [-0.05, 0) is 27.7 Å². The zero-order valence-corrected chi connectivity index (χ0v) is 14.7. The zero-order chi connectivity index (χ0) is 17.0. The second-order valence-electron chi connectivity index (χ2n) is 5.43. The van der Waals surface area contributed by atoms with Gasteiger partial charge in [0.2, 0.25) is 5.91 Å². The lowest BCUT2D eigenvalue weighted by Crippen LogP contribution is -2.25. The fourth-order valence-electron chi connectivity index (χ4n) is 2.05. The summed E-state index contributed by atoms with van der Waals surface area (Å²) in [4.78, 5) is 12.4. The van der Waals surface area contributed by atoms with Crippen molar-refractivity contribution in [3.05, 3.63) is 30.7 Å². The summed E-state index contributed by atoms with van der Waals surface area (Å²) in [5.74, 6) is 1.40. The molecule has 0 fully saturated rings. The predicted octanol–water partition coefficient (Wildman–Crippen LogP) is 2.67. The highest BCUT2D eigenvalue weighted by atomic mass is 32.2. The molecular formula is C15H22N6OS. The molecule has 0 aromatic carbocycles. The molecule has 0 aliphatic heterocycles. The monoisotopic (exact) mass is 334 g/mol. The van der Waals surface area contributed by atoms with Crippen molar-refractivity contribution in [2.45, 2.75) is 50.7 Å². The number of hydrogen-bond donors (Lipinski definition) is 1. The largest absolute Gasteiger partial charge is 0.310 e. The first-order valence-corrected chi connectivity index (χ1v) is 8.33. The van der Waals surface area contributed by atoms with Crippen molar-refractivity contribution in [1.29, 1.82) is 0 Å². The van der Waals surface area contributed by atoms with Gasteiger partial charge in [0.15, 0.2) is 5.16 Å². The second-order valence-corrected chi connectivity index (χ2v) is 6.74. The minimum absolute atomic E-state index is 0.0943. The van der Waals surface area contributed by atoms with Crippen LogP contribution in [0.25, 0.3) is 0 Å². The van der Waals surface area contributed by atoms with E-state index < -0.39 is 0 Å². The van der Waals surface area contributed by atoms with Gasteiger partial charge in [-0.2, -0.15) is 5.10 Å². The summed E-state index contributed by atoms with van der Waals surface area (Å²) in [6.45, 7) is 12.1. The van der Waals surface area contributed by atoms with Crippen LogP contribution in [0.15, 0.2) is 30.1 Å². The van der Waals surface area contributed by atoms with Gasteiger partial charge in [0, 0.05) is 18.7 Å². The highest BCUT2D eigenvalue weighted by Gasteiger charge is 2.20. The molecule has 0 saturated carbocycles. The van der Waals surface area contributed by atoms with Crippen molar-refractivity contribution in [1.82, 2.24) is 24.5 Å². The van der Waals surface area contributed by atoms with Crippen LogP contribution in [0, 0.1) is 6.92 Å². The van der Waals surface area contributed by atoms with Crippen LogP contribution in [0.3, 0.4) is 0 Å². The Kier molecular flexibility index (Phi) is 5.59. The lowest BCUT2D eigenvalue weighted by molar-refractivity contribution is -0.115. The number of rotatable bonds is 7. The number of thioether (sulfide) groups is 1. The molecule has 1 atom stereocenters. The fourth-order valence-corrected chi connectivity index (χ4v) is 2.96. The molecule has 1 N–H and O–H groups in total. The maximum absolute atomic E-state index is 12.4. The SMILES string of the molecule is C=CCn1c(C)nnc1SC(C)C(=O)Nc1ccnn1C(C)C. The van der Waals surface area contributed by atoms with E-state index in [-0.39, 0.29) is 17.2 Å². The number of carbonyl (C=O) groups is 1. The molecule has 2 rings (SSSR count). The standard InChI is InChI=1S/C15H22N6OS/c1-6-9-20-12(5)18-19-15(20)23-11(4)14(22)17-13-7-8-16-21(13)10(2)3/h6-8,10-11H,1,9H2,2-5H3,(H,17,22). The Morgan fingerprint density at radius 2 is 2.17 bits per heavy atom. The normalized spacial score (nSPS) is 12.4. The first-order chi connectivity index (χ1) is 10.9. The number of aromatic nitrogens is 5. The molecule has 1 unspecified atom stereocenters. The molecule has 124 valence electrons. The summed E-state index contributed by atoms with van der Waals surface area (Å²) < 4.78 is 3.71. The summed E-state index contributed by atoms with van der Waals surface area (Å²) in [7, 11) is 0. The molecule has 7 nitrogen and oxygen atoms in total. The van der Waals surface area contributed by atoms with Crippen molar-refractivity contribution >= 4 is 23.5 Å².